The summed E-state index contributed by atoms with van der Waals surface area (Å²) in [5.74, 6) is -0.696. The predicted molar refractivity (Wildman–Crippen MR) is 80.9 cm³/mol. The van der Waals surface area contributed by atoms with Crippen LogP contribution in [0, 0.1) is 12.7 Å². The van der Waals surface area contributed by atoms with Gasteiger partial charge in [-0.2, -0.15) is 0 Å². The van der Waals surface area contributed by atoms with Crippen LogP contribution < -0.4 is 5.32 Å². The summed E-state index contributed by atoms with van der Waals surface area (Å²) in [5.41, 5.74) is 1.90. The van der Waals surface area contributed by atoms with Crippen LogP contribution >= 0.6 is 31.9 Å². The third kappa shape index (κ3) is 3.22. The number of rotatable bonds is 2. The van der Waals surface area contributed by atoms with Gasteiger partial charge in [0.25, 0.3) is 5.91 Å². The van der Waals surface area contributed by atoms with Gasteiger partial charge in [0, 0.05) is 10.2 Å². The molecule has 0 aliphatic rings. The zero-order valence-electron chi connectivity index (χ0n) is 10.0. The van der Waals surface area contributed by atoms with Gasteiger partial charge in [-0.1, -0.05) is 12.1 Å². The van der Waals surface area contributed by atoms with Crippen LogP contribution in [0.25, 0.3) is 0 Å². The fourth-order valence-corrected chi connectivity index (χ4v) is 2.29. The Morgan fingerprint density at radius 3 is 2.63 bits per heavy atom. The summed E-state index contributed by atoms with van der Waals surface area (Å²) in [5, 5.41) is 2.66. The van der Waals surface area contributed by atoms with Crippen LogP contribution in [0.2, 0.25) is 0 Å². The number of nitrogens with one attached hydrogen (secondary N) is 1. The third-order valence-electron chi connectivity index (χ3n) is 2.61. The summed E-state index contributed by atoms with van der Waals surface area (Å²) >= 11 is 6.44. The standard InChI is InChI=1S/C14H10Br2FNO/c1-8-3-2-4-10(13(8)16)14(19)18-9-5-6-11(15)12(17)7-9/h2-7H,1H3,(H,18,19). The molecule has 0 saturated carbocycles. The number of carbonyl (C=O) groups excluding carboxylic acids is 1. The Kier molecular flexibility index (Phi) is 4.37. The van der Waals surface area contributed by atoms with E-state index >= 15 is 0 Å². The molecule has 0 aliphatic carbocycles. The van der Waals surface area contributed by atoms with E-state index in [1.807, 2.05) is 13.0 Å². The number of aryl methyl sites for hydroxylation is 1. The molecule has 2 rings (SSSR count). The molecule has 0 saturated heterocycles. The molecule has 0 bridgehead atoms. The van der Waals surface area contributed by atoms with E-state index in [2.05, 4.69) is 37.2 Å². The van der Waals surface area contributed by atoms with Crippen LogP contribution in [-0.4, -0.2) is 5.91 Å². The number of anilines is 1. The second-order valence-electron chi connectivity index (χ2n) is 4.02. The van der Waals surface area contributed by atoms with Crippen molar-refractivity contribution in [3.63, 3.8) is 0 Å². The number of amides is 1. The van der Waals surface area contributed by atoms with E-state index in [0.717, 1.165) is 10.0 Å². The number of carbonyl (C=O) groups is 1. The van der Waals surface area contributed by atoms with Crippen molar-refractivity contribution in [2.45, 2.75) is 6.92 Å². The number of benzene rings is 2. The van der Waals surface area contributed by atoms with Gasteiger partial charge in [-0.05, 0) is 68.6 Å². The highest BCUT2D eigenvalue weighted by atomic mass is 79.9. The van der Waals surface area contributed by atoms with Gasteiger partial charge in [0.15, 0.2) is 0 Å². The van der Waals surface area contributed by atoms with Crippen LogP contribution in [0.3, 0.4) is 0 Å². The van der Waals surface area contributed by atoms with Crippen molar-refractivity contribution in [1.29, 1.82) is 0 Å². The molecule has 1 N–H and O–H groups in total. The molecule has 0 aromatic heterocycles. The molecule has 2 nitrogen and oxygen atoms in total. The van der Waals surface area contributed by atoms with Crippen LogP contribution in [0.1, 0.15) is 15.9 Å². The molecule has 2 aromatic carbocycles. The molecule has 0 spiro atoms. The van der Waals surface area contributed by atoms with E-state index in [-0.39, 0.29) is 5.91 Å². The Morgan fingerprint density at radius 2 is 1.95 bits per heavy atom. The third-order valence-corrected chi connectivity index (χ3v) is 4.31. The van der Waals surface area contributed by atoms with Crippen molar-refractivity contribution >= 4 is 43.5 Å². The highest BCUT2D eigenvalue weighted by Gasteiger charge is 2.12. The molecule has 5 heteroatoms. The van der Waals surface area contributed by atoms with Gasteiger partial charge in [0.05, 0.1) is 10.0 Å². The zero-order chi connectivity index (χ0) is 14.0. The summed E-state index contributed by atoms with van der Waals surface area (Å²) in [4.78, 5) is 12.1. The minimum Gasteiger partial charge on any atom is -0.322 e. The monoisotopic (exact) mass is 385 g/mol. The van der Waals surface area contributed by atoms with Crippen molar-refractivity contribution in [1.82, 2.24) is 0 Å². The van der Waals surface area contributed by atoms with Gasteiger partial charge in [-0.15, -0.1) is 0 Å². The van der Waals surface area contributed by atoms with Crippen molar-refractivity contribution in [2.75, 3.05) is 5.32 Å². The fraction of sp³-hybridized carbons (Fsp3) is 0.0714. The first kappa shape index (κ1) is 14.2. The largest absolute Gasteiger partial charge is 0.322 e. The molecule has 1 amide bonds. The summed E-state index contributed by atoms with van der Waals surface area (Å²) in [6.07, 6.45) is 0. The first-order chi connectivity index (χ1) is 8.99. The quantitative estimate of drug-likeness (QED) is 0.780. The highest BCUT2D eigenvalue weighted by molar-refractivity contribution is 9.10. The lowest BCUT2D eigenvalue weighted by Gasteiger charge is -2.09. The minimum absolute atomic E-state index is 0.280. The van der Waals surface area contributed by atoms with Crippen molar-refractivity contribution in [3.05, 3.63) is 62.3 Å². The average Bonchev–Trinajstić information content (AvgIpc) is 2.37. The number of hydrogen-bond acceptors (Lipinski definition) is 1. The van der Waals surface area contributed by atoms with Crippen molar-refractivity contribution in [3.8, 4) is 0 Å². The normalized spacial score (nSPS) is 10.3. The van der Waals surface area contributed by atoms with Gasteiger partial charge in [0.1, 0.15) is 5.82 Å². The topological polar surface area (TPSA) is 29.1 Å². The summed E-state index contributed by atoms with van der Waals surface area (Å²) < 4.78 is 14.5. The van der Waals surface area contributed by atoms with Crippen LogP contribution in [0.15, 0.2) is 45.3 Å². The molecular weight excluding hydrogens is 377 g/mol. The molecule has 98 valence electrons. The number of halogens is 3. The summed E-state index contributed by atoms with van der Waals surface area (Å²) in [7, 11) is 0. The van der Waals surface area contributed by atoms with Crippen LogP contribution in [-0.2, 0) is 0 Å². The first-order valence-corrected chi connectivity index (χ1v) is 7.09. The fourth-order valence-electron chi connectivity index (χ4n) is 1.60. The lowest BCUT2D eigenvalue weighted by atomic mass is 10.1. The second kappa shape index (κ2) is 5.84. The van der Waals surface area contributed by atoms with E-state index in [0.29, 0.717) is 15.7 Å². The van der Waals surface area contributed by atoms with Crippen molar-refractivity contribution in [2.24, 2.45) is 0 Å². The van der Waals surface area contributed by atoms with Gasteiger partial charge >= 0.3 is 0 Å². The predicted octanol–water partition coefficient (Wildman–Crippen LogP) is 4.91. The molecule has 0 fully saturated rings. The molecular formula is C14H10Br2FNO. The summed E-state index contributed by atoms with van der Waals surface area (Å²) in [6, 6.07) is 9.87. The van der Waals surface area contributed by atoms with Gasteiger partial charge in [0.2, 0.25) is 0 Å². The Morgan fingerprint density at radius 1 is 1.21 bits per heavy atom. The van der Waals surface area contributed by atoms with Gasteiger partial charge in [-0.3, -0.25) is 4.79 Å². The zero-order valence-corrected chi connectivity index (χ0v) is 13.2. The molecule has 2 aromatic rings. The maximum atomic E-state index is 13.4. The number of hydrogen-bond donors (Lipinski definition) is 1. The van der Waals surface area contributed by atoms with E-state index < -0.39 is 5.82 Å². The second-order valence-corrected chi connectivity index (χ2v) is 5.67. The Balaban J connectivity index is 2.26. The minimum atomic E-state index is -0.416. The molecule has 0 radical (unpaired) electrons. The van der Waals surface area contributed by atoms with Gasteiger partial charge < -0.3 is 5.32 Å². The van der Waals surface area contributed by atoms with E-state index in [9.17, 15) is 9.18 Å². The Labute approximate surface area is 127 Å². The molecule has 0 heterocycles. The van der Waals surface area contributed by atoms with Crippen LogP contribution in [0.5, 0.6) is 0 Å². The maximum Gasteiger partial charge on any atom is 0.256 e. The Hall–Kier alpha value is -1.20. The van der Waals surface area contributed by atoms with Gasteiger partial charge in [-0.25, -0.2) is 4.39 Å². The van der Waals surface area contributed by atoms with Crippen molar-refractivity contribution < 1.29 is 9.18 Å². The maximum absolute atomic E-state index is 13.4. The van der Waals surface area contributed by atoms with Crippen LogP contribution in [0.4, 0.5) is 10.1 Å². The average molecular weight is 387 g/mol. The van der Waals surface area contributed by atoms with E-state index in [4.69, 9.17) is 0 Å². The molecule has 0 atom stereocenters. The Bertz CT molecular complexity index is 643. The molecule has 0 aliphatic heterocycles. The smallest absolute Gasteiger partial charge is 0.256 e. The molecule has 19 heavy (non-hydrogen) atoms. The SMILES string of the molecule is Cc1cccc(C(=O)Nc2ccc(Br)c(F)c2)c1Br. The lowest BCUT2D eigenvalue weighted by molar-refractivity contribution is 0.102. The lowest BCUT2D eigenvalue weighted by Crippen LogP contribution is -2.13. The first-order valence-electron chi connectivity index (χ1n) is 5.50. The molecule has 0 unspecified atom stereocenters. The van der Waals surface area contributed by atoms with E-state index in [1.165, 1.54) is 6.07 Å². The van der Waals surface area contributed by atoms with E-state index in [1.54, 1.807) is 24.3 Å². The highest BCUT2D eigenvalue weighted by Crippen LogP contribution is 2.23. The summed E-state index contributed by atoms with van der Waals surface area (Å²) in [6.45, 7) is 1.90.